The van der Waals surface area contributed by atoms with Crippen LogP contribution in [0.1, 0.15) is 22.3 Å². The Kier molecular flexibility index (Phi) is 5.39. The Morgan fingerprint density at radius 2 is 1.09 bits per heavy atom. The van der Waals surface area contributed by atoms with Crippen molar-refractivity contribution in [2.45, 2.75) is 5.41 Å². The minimum Gasteiger partial charge on any atom is -0.397 e. The molecule has 0 heterocycles. The molecule has 0 radical (unpaired) electrons. The average Bonchev–Trinajstić information content (AvgIpc) is 3.58. The van der Waals surface area contributed by atoms with Crippen LogP contribution in [-0.2, 0) is 5.41 Å². The second-order valence-electron chi connectivity index (χ2n) is 12.8. The molecule has 2 aliphatic rings. The SMILES string of the molecule is Nc1ccccc1Nc1ccc(-c2ccc3cc4c(cc3c2)C2(c3ccccc3-c3ccccc32)c2c-4ccc3ccccc23)cc1. The molecule has 10 rings (SSSR count). The van der Waals surface area contributed by atoms with E-state index in [0.717, 1.165) is 17.1 Å². The maximum Gasteiger partial charge on any atom is 0.0731 e. The fraction of sp³-hybridized carbons (Fsp3) is 0.0222. The van der Waals surface area contributed by atoms with Crippen LogP contribution in [0.2, 0.25) is 0 Å². The minimum atomic E-state index is -0.393. The number of benzene rings is 8. The number of nitrogen functional groups attached to an aromatic ring is 1. The molecule has 0 bridgehead atoms. The van der Waals surface area contributed by atoms with Crippen LogP contribution >= 0.6 is 0 Å². The van der Waals surface area contributed by atoms with Gasteiger partial charge in [-0.2, -0.15) is 0 Å². The molecule has 0 atom stereocenters. The third-order valence-electron chi connectivity index (χ3n) is 10.4. The maximum atomic E-state index is 6.17. The molecule has 0 saturated heterocycles. The van der Waals surface area contributed by atoms with Crippen molar-refractivity contribution in [1.29, 1.82) is 0 Å². The van der Waals surface area contributed by atoms with Crippen molar-refractivity contribution in [2.75, 3.05) is 11.1 Å². The molecule has 0 amide bonds. The summed E-state index contributed by atoms with van der Waals surface area (Å²) in [6, 6.07) is 59.9. The van der Waals surface area contributed by atoms with E-state index < -0.39 is 5.41 Å². The number of anilines is 3. The Morgan fingerprint density at radius 1 is 0.426 bits per heavy atom. The van der Waals surface area contributed by atoms with Gasteiger partial charge < -0.3 is 11.1 Å². The van der Waals surface area contributed by atoms with E-state index in [1.165, 1.54) is 77.2 Å². The van der Waals surface area contributed by atoms with E-state index >= 15 is 0 Å². The van der Waals surface area contributed by atoms with Gasteiger partial charge in [-0.3, -0.25) is 0 Å². The van der Waals surface area contributed by atoms with Crippen LogP contribution in [0.15, 0.2) is 164 Å². The normalized spacial score (nSPS) is 13.4. The van der Waals surface area contributed by atoms with Crippen molar-refractivity contribution in [1.82, 2.24) is 0 Å². The van der Waals surface area contributed by atoms with Crippen LogP contribution in [0.5, 0.6) is 0 Å². The molecule has 220 valence electrons. The molecular formula is C45H30N2. The van der Waals surface area contributed by atoms with Gasteiger partial charge in [-0.05, 0) is 120 Å². The largest absolute Gasteiger partial charge is 0.397 e. The van der Waals surface area contributed by atoms with Crippen molar-refractivity contribution >= 4 is 38.6 Å². The molecule has 0 aromatic heterocycles. The number of hydrogen-bond donors (Lipinski definition) is 2. The minimum absolute atomic E-state index is 0.393. The van der Waals surface area contributed by atoms with Gasteiger partial charge in [-0.25, -0.2) is 0 Å². The Labute approximate surface area is 273 Å². The second kappa shape index (κ2) is 9.69. The molecule has 0 fully saturated rings. The third kappa shape index (κ3) is 3.61. The summed E-state index contributed by atoms with van der Waals surface area (Å²) >= 11 is 0. The van der Waals surface area contributed by atoms with Gasteiger partial charge in [0.2, 0.25) is 0 Å². The van der Waals surface area contributed by atoms with Crippen molar-refractivity contribution in [3.8, 4) is 33.4 Å². The lowest BCUT2D eigenvalue weighted by Gasteiger charge is -2.31. The lowest BCUT2D eigenvalue weighted by atomic mass is 9.69. The Bertz CT molecular complexity index is 2510. The molecule has 2 aliphatic carbocycles. The van der Waals surface area contributed by atoms with Crippen molar-refractivity contribution in [2.24, 2.45) is 0 Å². The Morgan fingerprint density at radius 3 is 1.87 bits per heavy atom. The Balaban J connectivity index is 1.18. The van der Waals surface area contributed by atoms with Gasteiger partial charge in [-0.1, -0.05) is 121 Å². The van der Waals surface area contributed by atoms with Gasteiger partial charge in [0.05, 0.1) is 16.8 Å². The molecule has 0 aliphatic heterocycles. The molecule has 8 aromatic rings. The molecule has 47 heavy (non-hydrogen) atoms. The summed E-state index contributed by atoms with van der Waals surface area (Å²) in [5.41, 5.74) is 21.6. The van der Waals surface area contributed by atoms with Crippen molar-refractivity contribution in [3.05, 3.63) is 186 Å². The fourth-order valence-electron chi connectivity index (χ4n) is 8.35. The van der Waals surface area contributed by atoms with Crippen LogP contribution in [-0.4, -0.2) is 0 Å². The second-order valence-corrected chi connectivity index (χ2v) is 12.8. The topological polar surface area (TPSA) is 38.0 Å². The quantitative estimate of drug-likeness (QED) is 0.199. The van der Waals surface area contributed by atoms with E-state index in [1.807, 2.05) is 24.3 Å². The highest BCUT2D eigenvalue weighted by Crippen LogP contribution is 2.64. The zero-order valence-electron chi connectivity index (χ0n) is 25.7. The molecule has 0 saturated carbocycles. The lowest BCUT2D eigenvalue weighted by molar-refractivity contribution is 0.802. The van der Waals surface area contributed by atoms with E-state index in [2.05, 4.69) is 145 Å². The predicted molar refractivity (Wildman–Crippen MR) is 197 cm³/mol. The zero-order valence-corrected chi connectivity index (χ0v) is 25.7. The number of fused-ring (bicyclic) bond motifs is 13. The van der Waals surface area contributed by atoms with Gasteiger partial charge in [0, 0.05) is 5.69 Å². The van der Waals surface area contributed by atoms with E-state index in [9.17, 15) is 0 Å². The molecule has 8 aromatic carbocycles. The summed E-state index contributed by atoms with van der Waals surface area (Å²) < 4.78 is 0. The number of hydrogen-bond acceptors (Lipinski definition) is 2. The lowest BCUT2D eigenvalue weighted by Crippen LogP contribution is -2.26. The van der Waals surface area contributed by atoms with Gasteiger partial charge >= 0.3 is 0 Å². The van der Waals surface area contributed by atoms with Gasteiger partial charge in [0.25, 0.3) is 0 Å². The standard InChI is InChI=1S/C45H30N2/c46-42-15-7-8-16-43(42)47-33-22-19-28(20-23-33)30-17-18-31-26-38-37-24-21-29-9-1-2-10-34(29)44(37)45(41(38)27-32(31)25-30)39-13-5-3-11-35(39)36-12-4-6-14-40(36)45/h1-27,47H,46H2. The Hall–Kier alpha value is -6.12. The molecule has 0 unspecified atom stereocenters. The fourth-order valence-corrected chi connectivity index (χ4v) is 8.35. The van der Waals surface area contributed by atoms with Crippen LogP contribution in [0.3, 0.4) is 0 Å². The number of rotatable bonds is 3. The van der Waals surface area contributed by atoms with E-state index in [0.29, 0.717) is 0 Å². The van der Waals surface area contributed by atoms with E-state index in [-0.39, 0.29) is 0 Å². The monoisotopic (exact) mass is 598 g/mol. The molecule has 1 spiro atoms. The number of nitrogens with two attached hydrogens (primary N) is 1. The summed E-state index contributed by atoms with van der Waals surface area (Å²) in [5.74, 6) is 0. The van der Waals surface area contributed by atoms with E-state index in [1.54, 1.807) is 0 Å². The molecule has 2 nitrogen and oxygen atoms in total. The smallest absolute Gasteiger partial charge is 0.0731 e. The van der Waals surface area contributed by atoms with Crippen molar-refractivity contribution in [3.63, 3.8) is 0 Å². The highest BCUT2D eigenvalue weighted by Gasteiger charge is 2.52. The average molecular weight is 599 g/mol. The van der Waals surface area contributed by atoms with Crippen LogP contribution in [0, 0.1) is 0 Å². The summed E-state index contributed by atoms with van der Waals surface area (Å²) in [5, 5.41) is 8.55. The first-order valence-corrected chi connectivity index (χ1v) is 16.2. The van der Waals surface area contributed by atoms with Crippen molar-refractivity contribution < 1.29 is 0 Å². The van der Waals surface area contributed by atoms with Crippen LogP contribution in [0.4, 0.5) is 17.1 Å². The summed E-state index contributed by atoms with van der Waals surface area (Å²) in [6.07, 6.45) is 0. The summed E-state index contributed by atoms with van der Waals surface area (Å²) in [7, 11) is 0. The molecular weight excluding hydrogens is 569 g/mol. The predicted octanol–water partition coefficient (Wildman–Crippen LogP) is 11.3. The maximum absolute atomic E-state index is 6.17. The molecule has 3 N–H and O–H groups in total. The third-order valence-corrected chi connectivity index (χ3v) is 10.4. The van der Waals surface area contributed by atoms with Gasteiger partial charge in [0.1, 0.15) is 0 Å². The van der Waals surface area contributed by atoms with Gasteiger partial charge in [0.15, 0.2) is 0 Å². The first-order chi connectivity index (χ1) is 23.2. The number of nitrogens with one attached hydrogen (secondary N) is 1. The number of para-hydroxylation sites is 2. The van der Waals surface area contributed by atoms with E-state index in [4.69, 9.17) is 5.73 Å². The first-order valence-electron chi connectivity index (χ1n) is 16.2. The zero-order chi connectivity index (χ0) is 31.1. The first kappa shape index (κ1) is 26.1. The highest BCUT2D eigenvalue weighted by molar-refractivity contribution is 6.06. The van der Waals surface area contributed by atoms with Crippen LogP contribution < -0.4 is 11.1 Å². The van der Waals surface area contributed by atoms with Gasteiger partial charge in [-0.15, -0.1) is 0 Å². The summed E-state index contributed by atoms with van der Waals surface area (Å²) in [6.45, 7) is 0. The van der Waals surface area contributed by atoms with Crippen LogP contribution in [0.25, 0.3) is 54.9 Å². The molecule has 2 heteroatoms. The summed E-state index contributed by atoms with van der Waals surface area (Å²) in [4.78, 5) is 0. The highest BCUT2D eigenvalue weighted by atomic mass is 14.9.